The van der Waals surface area contributed by atoms with Crippen molar-refractivity contribution in [3.05, 3.63) is 35.6 Å². The van der Waals surface area contributed by atoms with Crippen LogP contribution in [0.2, 0.25) is 0 Å². The van der Waals surface area contributed by atoms with E-state index in [0.29, 0.717) is 18.5 Å². The molecular formula is C18H30FIN4. The van der Waals surface area contributed by atoms with Crippen LogP contribution in [0, 0.1) is 5.82 Å². The molecule has 0 bridgehead atoms. The molecular weight excluding hydrogens is 418 g/mol. The number of likely N-dealkylation sites (tertiary alicyclic amines) is 1. The Labute approximate surface area is 162 Å². The molecule has 0 aliphatic carbocycles. The van der Waals surface area contributed by atoms with Crippen LogP contribution in [0.15, 0.2) is 29.3 Å². The Kier molecular flexibility index (Phi) is 8.42. The molecule has 6 heteroatoms. The maximum absolute atomic E-state index is 13.4. The molecule has 1 atom stereocenters. The SMILES string of the molecule is CCN1CCCC1CNC(N)=NCC(C)(C)c1cccc(F)c1.I. The first-order valence-electron chi connectivity index (χ1n) is 8.46. The van der Waals surface area contributed by atoms with Gasteiger partial charge in [0.1, 0.15) is 5.82 Å². The van der Waals surface area contributed by atoms with Gasteiger partial charge in [-0.15, -0.1) is 24.0 Å². The maximum Gasteiger partial charge on any atom is 0.188 e. The Morgan fingerprint density at radius 3 is 2.88 bits per heavy atom. The van der Waals surface area contributed by atoms with Gasteiger partial charge in [0.25, 0.3) is 0 Å². The van der Waals surface area contributed by atoms with Gasteiger partial charge in [-0.25, -0.2) is 4.39 Å². The average Bonchev–Trinajstić information content (AvgIpc) is 2.98. The smallest absolute Gasteiger partial charge is 0.188 e. The second kappa shape index (κ2) is 9.56. The zero-order valence-electron chi connectivity index (χ0n) is 14.9. The van der Waals surface area contributed by atoms with E-state index in [1.165, 1.54) is 25.5 Å². The van der Waals surface area contributed by atoms with Crippen molar-refractivity contribution in [2.75, 3.05) is 26.2 Å². The van der Waals surface area contributed by atoms with Gasteiger partial charge < -0.3 is 11.1 Å². The highest BCUT2D eigenvalue weighted by Crippen LogP contribution is 2.24. The molecule has 0 saturated carbocycles. The van der Waals surface area contributed by atoms with Crippen LogP contribution in [-0.4, -0.2) is 43.1 Å². The van der Waals surface area contributed by atoms with Gasteiger partial charge >= 0.3 is 0 Å². The molecule has 1 aromatic rings. The number of nitrogens with two attached hydrogens (primary N) is 1. The lowest BCUT2D eigenvalue weighted by Gasteiger charge is -2.25. The molecule has 1 fully saturated rings. The molecule has 136 valence electrons. The van der Waals surface area contributed by atoms with Crippen LogP contribution in [0.25, 0.3) is 0 Å². The molecule has 0 spiro atoms. The maximum atomic E-state index is 13.4. The summed E-state index contributed by atoms with van der Waals surface area (Å²) in [5.41, 5.74) is 6.68. The molecule has 1 aromatic carbocycles. The van der Waals surface area contributed by atoms with Gasteiger partial charge in [-0.05, 0) is 43.6 Å². The van der Waals surface area contributed by atoms with E-state index in [-0.39, 0.29) is 35.2 Å². The predicted octanol–water partition coefficient (Wildman–Crippen LogP) is 3.11. The fourth-order valence-electron chi connectivity index (χ4n) is 3.10. The highest BCUT2D eigenvalue weighted by atomic mass is 127. The molecule has 1 aliphatic heterocycles. The zero-order chi connectivity index (χ0) is 16.9. The third kappa shape index (κ3) is 5.88. The molecule has 1 saturated heterocycles. The van der Waals surface area contributed by atoms with Gasteiger partial charge in [-0.3, -0.25) is 9.89 Å². The Bertz CT molecular complexity index is 548. The number of nitrogens with zero attached hydrogens (tertiary/aromatic N) is 2. The van der Waals surface area contributed by atoms with Crippen molar-refractivity contribution in [3.63, 3.8) is 0 Å². The molecule has 3 N–H and O–H groups in total. The van der Waals surface area contributed by atoms with Crippen LogP contribution < -0.4 is 11.1 Å². The topological polar surface area (TPSA) is 53.6 Å². The summed E-state index contributed by atoms with van der Waals surface area (Å²) in [5, 5.41) is 3.24. The minimum absolute atomic E-state index is 0. The van der Waals surface area contributed by atoms with E-state index in [2.05, 4.69) is 22.1 Å². The van der Waals surface area contributed by atoms with Crippen LogP contribution in [0.1, 0.15) is 39.2 Å². The van der Waals surface area contributed by atoms with Crippen molar-refractivity contribution >= 4 is 29.9 Å². The van der Waals surface area contributed by atoms with Gasteiger partial charge in [0.2, 0.25) is 0 Å². The average molecular weight is 448 g/mol. The summed E-state index contributed by atoms with van der Waals surface area (Å²) < 4.78 is 13.4. The summed E-state index contributed by atoms with van der Waals surface area (Å²) in [6, 6.07) is 7.23. The minimum Gasteiger partial charge on any atom is -0.370 e. The summed E-state index contributed by atoms with van der Waals surface area (Å²) >= 11 is 0. The molecule has 0 aromatic heterocycles. The van der Waals surface area contributed by atoms with Crippen LogP contribution in [0.3, 0.4) is 0 Å². The fraction of sp³-hybridized carbons (Fsp3) is 0.611. The van der Waals surface area contributed by atoms with Crippen LogP contribution in [-0.2, 0) is 5.41 Å². The second-order valence-electron chi connectivity index (χ2n) is 6.90. The molecule has 4 nitrogen and oxygen atoms in total. The monoisotopic (exact) mass is 448 g/mol. The number of guanidine groups is 1. The molecule has 2 rings (SSSR count). The van der Waals surface area contributed by atoms with E-state index < -0.39 is 0 Å². The van der Waals surface area contributed by atoms with E-state index in [0.717, 1.165) is 18.7 Å². The van der Waals surface area contributed by atoms with Crippen molar-refractivity contribution in [2.45, 2.75) is 45.1 Å². The van der Waals surface area contributed by atoms with E-state index in [9.17, 15) is 4.39 Å². The first-order chi connectivity index (χ1) is 10.9. The summed E-state index contributed by atoms with van der Waals surface area (Å²) in [7, 11) is 0. The van der Waals surface area contributed by atoms with Crippen molar-refractivity contribution in [2.24, 2.45) is 10.7 Å². The molecule has 0 radical (unpaired) electrons. The Hall–Kier alpha value is -0.890. The number of hydrogen-bond acceptors (Lipinski definition) is 2. The van der Waals surface area contributed by atoms with Crippen molar-refractivity contribution in [3.8, 4) is 0 Å². The second-order valence-corrected chi connectivity index (χ2v) is 6.90. The number of benzene rings is 1. The Morgan fingerprint density at radius 2 is 2.21 bits per heavy atom. The van der Waals surface area contributed by atoms with Gasteiger partial charge in [-0.1, -0.05) is 32.9 Å². The molecule has 1 aliphatic rings. The summed E-state index contributed by atoms with van der Waals surface area (Å²) in [5.74, 6) is 0.254. The summed E-state index contributed by atoms with van der Waals surface area (Å²) in [6.07, 6.45) is 2.47. The third-order valence-electron chi connectivity index (χ3n) is 4.67. The quantitative estimate of drug-likeness (QED) is 0.400. The minimum atomic E-state index is -0.253. The predicted molar refractivity (Wildman–Crippen MR) is 110 cm³/mol. The number of hydrogen-bond donors (Lipinski definition) is 2. The highest BCUT2D eigenvalue weighted by molar-refractivity contribution is 14.0. The fourth-order valence-corrected chi connectivity index (χ4v) is 3.10. The third-order valence-corrected chi connectivity index (χ3v) is 4.67. The molecule has 1 heterocycles. The number of aliphatic imine (C=N–C) groups is 1. The Balaban J connectivity index is 0.00000288. The lowest BCUT2D eigenvalue weighted by Crippen LogP contribution is -2.43. The van der Waals surface area contributed by atoms with Gasteiger partial charge in [0.15, 0.2) is 5.96 Å². The largest absolute Gasteiger partial charge is 0.370 e. The van der Waals surface area contributed by atoms with Crippen LogP contribution >= 0.6 is 24.0 Å². The standard InChI is InChI=1S/C18H29FN4.HI/c1-4-23-10-6-9-16(23)12-21-17(20)22-13-18(2,3)14-7-5-8-15(19)11-14;/h5,7-8,11,16H,4,6,9-10,12-13H2,1-3H3,(H3,20,21,22);1H. The van der Waals surface area contributed by atoms with E-state index in [1.54, 1.807) is 12.1 Å². The first-order valence-corrected chi connectivity index (χ1v) is 8.46. The van der Waals surface area contributed by atoms with E-state index >= 15 is 0 Å². The van der Waals surface area contributed by atoms with Crippen LogP contribution in [0.5, 0.6) is 0 Å². The molecule has 24 heavy (non-hydrogen) atoms. The van der Waals surface area contributed by atoms with Gasteiger partial charge in [0, 0.05) is 18.0 Å². The lowest BCUT2D eigenvalue weighted by atomic mass is 9.85. The lowest BCUT2D eigenvalue weighted by molar-refractivity contribution is 0.267. The van der Waals surface area contributed by atoms with Crippen molar-refractivity contribution < 1.29 is 4.39 Å². The zero-order valence-corrected chi connectivity index (χ0v) is 17.2. The molecule has 1 unspecified atom stereocenters. The number of rotatable bonds is 6. The first kappa shape index (κ1) is 21.2. The molecule has 0 amide bonds. The van der Waals surface area contributed by atoms with Crippen molar-refractivity contribution in [1.82, 2.24) is 10.2 Å². The summed E-state index contributed by atoms with van der Waals surface area (Å²) in [6.45, 7) is 9.91. The highest BCUT2D eigenvalue weighted by Gasteiger charge is 2.23. The van der Waals surface area contributed by atoms with E-state index in [4.69, 9.17) is 5.73 Å². The summed E-state index contributed by atoms with van der Waals surface area (Å²) in [4.78, 5) is 6.93. The van der Waals surface area contributed by atoms with Gasteiger partial charge in [-0.2, -0.15) is 0 Å². The normalized spacial score (nSPS) is 19.2. The number of nitrogens with one attached hydrogen (secondary N) is 1. The van der Waals surface area contributed by atoms with Crippen molar-refractivity contribution in [1.29, 1.82) is 0 Å². The number of halogens is 2. The van der Waals surface area contributed by atoms with E-state index in [1.807, 2.05) is 19.9 Å². The Morgan fingerprint density at radius 1 is 1.46 bits per heavy atom. The van der Waals surface area contributed by atoms with Crippen LogP contribution in [0.4, 0.5) is 4.39 Å². The van der Waals surface area contributed by atoms with Gasteiger partial charge in [0.05, 0.1) is 6.54 Å². The number of likely N-dealkylation sites (N-methyl/N-ethyl adjacent to an activating group) is 1.